The van der Waals surface area contributed by atoms with Gasteiger partial charge in [0.05, 0.1) is 0 Å². The molecule has 0 radical (unpaired) electrons. The lowest BCUT2D eigenvalue weighted by molar-refractivity contribution is -0.122. The summed E-state index contributed by atoms with van der Waals surface area (Å²) >= 11 is 0. The van der Waals surface area contributed by atoms with Gasteiger partial charge in [-0.25, -0.2) is 0 Å². The summed E-state index contributed by atoms with van der Waals surface area (Å²) in [5, 5.41) is 0. The van der Waals surface area contributed by atoms with Crippen molar-refractivity contribution in [3.63, 3.8) is 0 Å². The fourth-order valence-corrected chi connectivity index (χ4v) is 1.61. The summed E-state index contributed by atoms with van der Waals surface area (Å²) in [4.78, 5) is 11.7. The van der Waals surface area contributed by atoms with Crippen LogP contribution in [0.4, 0.5) is 0 Å². The molecule has 0 unspecified atom stereocenters. The normalized spacial score (nSPS) is 10.5. The topological polar surface area (TPSA) is 17.1 Å². The van der Waals surface area contributed by atoms with Crippen LogP contribution in [-0.2, 0) is 4.79 Å². The molecule has 0 bridgehead atoms. The van der Waals surface area contributed by atoms with Crippen LogP contribution in [0, 0.1) is 5.92 Å². The predicted molar refractivity (Wildman–Crippen MR) is 57.7 cm³/mol. The molecule has 1 nitrogen and oxygen atoms in total. The van der Waals surface area contributed by atoms with Gasteiger partial charge in [-0.05, 0) is 19.8 Å². The van der Waals surface area contributed by atoms with Gasteiger partial charge in [0.1, 0.15) is 5.78 Å². The molecule has 0 spiro atoms. The molecule has 0 aliphatic rings. The quantitative estimate of drug-likeness (QED) is 0.548. The van der Waals surface area contributed by atoms with Crippen molar-refractivity contribution in [3.8, 4) is 0 Å². The fourth-order valence-electron chi connectivity index (χ4n) is 1.61. The summed E-state index contributed by atoms with van der Waals surface area (Å²) in [5.74, 6) is 0.669. The highest BCUT2D eigenvalue weighted by Crippen LogP contribution is 2.17. The molecule has 13 heavy (non-hydrogen) atoms. The molecule has 76 valence electrons. The van der Waals surface area contributed by atoms with E-state index in [0.717, 1.165) is 31.3 Å². The zero-order chi connectivity index (χ0) is 10.3. The first-order chi connectivity index (χ1) is 6.11. The molecule has 0 N–H and O–H groups in total. The van der Waals surface area contributed by atoms with E-state index in [1.165, 1.54) is 0 Å². The van der Waals surface area contributed by atoms with Crippen LogP contribution in [-0.4, -0.2) is 5.78 Å². The molecular weight excluding hydrogens is 160 g/mol. The minimum absolute atomic E-state index is 0.284. The number of carbonyl (C=O) groups excluding carboxylic acids is 1. The summed E-state index contributed by atoms with van der Waals surface area (Å²) in [6, 6.07) is 0. The average Bonchev–Trinajstić information content (AvgIpc) is 2.02. The van der Waals surface area contributed by atoms with E-state index in [1.54, 1.807) is 0 Å². The van der Waals surface area contributed by atoms with Crippen molar-refractivity contribution < 1.29 is 4.79 Å². The molecule has 1 heteroatoms. The number of ketones is 1. The van der Waals surface area contributed by atoms with E-state index in [0.29, 0.717) is 12.2 Å². The Hall–Kier alpha value is -0.590. The molecule has 0 aliphatic carbocycles. The minimum Gasteiger partial charge on any atom is -0.299 e. The van der Waals surface area contributed by atoms with Gasteiger partial charge in [0.25, 0.3) is 0 Å². The van der Waals surface area contributed by atoms with Crippen molar-refractivity contribution >= 4 is 5.78 Å². The van der Waals surface area contributed by atoms with Gasteiger partial charge in [-0.1, -0.05) is 38.8 Å². The van der Waals surface area contributed by atoms with E-state index in [4.69, 9.17) is 0 Å². The zero-order valence-corrected chi connectivity index (χ0v) is 9.23. The van der Waals surface area contributed by atoms with Gasteiger partial charge in [0.15, 0.2) is 0 Å². The molecule has 0 amide bonds. The lowest BCUT2D eigenvalue weighted by Crippen LogP contribution is -2.14. The molecule has 0 aromatic carbocycles. The maximum absolute atomic E-state index is 11.7. The monoisotopic (exact) mass is 182 g/mol. The Morgan fingerprint density at radius 2 is 1.69 bits per heavy atom. The number of allylic oxidation sites excluding steroid dienone is 1. The Morgan fingerprint density at radius 1 is 1.23 bits per heavy atom. The van der Waals surface area contributed by atoms with Crippen LogP contribution in [0.15, 0.2) is 12.2 Å². The van der Waals surface area contributed by atoms with E-state index < -0.39 is 0 Å². The highest BCUT2D eigenvalue weighted by molar-refractivity contribution is 5.82. The second kappa shape index (κ2) is 6.88. The summed E-state index contributed by atoms with van der Waals surface area (Å²) in [6.07, 6.45) is 4.86. The number of rotatable bonds is 7. The molecule has 0 aromatic heterocycles. The van der Waals surface area contributed by atoms with Gasteiger partial charge in [-0.2, -0.15) is 0 Å². The molecule has 0 rings (SSSR count). The number of hydrogen-bond donors (Lipinski definition) is 0. The fraction of sp³-hybridized carbons (Fsp3) is 0.750. The standard InChI is InChI=1S/C12H22O/c1-5-7-11(8-6-2)12(13)9-10(3)4/h11H,3,5-9H2,1-2,4H3. The molecule has 0 saturated carbocycles. The third-order valence-corrected chi connectivity index (χ3v) is 2.21. The minimum atomic E-state index is 0.284. The van der Waals surface area contributed by atoms with Crippen molar-refractivity contribution in [3.05, 3.63) is 12.2 Å². The van der Waals surface area contributed by atoms with Crippen molar-refractivity contribution in [2.45, 2.75) is 52.9 Å². The maximum Gasteiger partial charge on any atom is 0.139 e. The Morgan fingerprint density at radius 3 is 2.00 bits per heavy atom. The largest absolute Gasteiger partial charge is 0.299 e. The van der Waals surface area contributed by atoms with Crippen LogP contribution in [0.2, 0.25) is 0 Å². The summed E-state index contributed by atoms with van der Waals surface area (Å²) in [7, 11) is 0. The zero-order valence-electron chi connectivity index (χ0n) is 9.23. The predicted octanol–water partition coefficient (Wildman–Crippen LogP) is 3.74. The number of hydrogen-bond acceptors (Lipinski definition) is 1. The van der Waals surface area contributed by atoms with Gasteiger partial charge >= 0.3 is 0 Å². The van der Waals surface area contributed by atoms with Crippen molar-refractivity contribution in [2.24, 2.45) is 5.92 Å². The second-order valence-electron chi connectivity index (χ2n) is 3.87. The van der Waals surface area contributed by atoms with Crippen molar-refractivity contribution in [1.82, 2.24) is 0 Å². The first kappa shape index (κ1) is 12.4. The Kier molecular flexibility index (Phi) is 6.56. The Balaban J connectivity index is 4.02. The summed E-state index contributed by atoms with van der Waals surface area (Å²) in [6.45, 7) is 9.97. The molecule has 0 fully saturated rings. The second-order valence-corrected chi connectivity index (χ2v) is 3.87. The first-order valence-corrected chi connectivity index (χ1v) is 5.28. The highest BCUT2D eigenvalue weighted by atomic mass is 16.1. The Labute approximate surface area is 82.2 Å². The maximum atomic E-state index is 11.7. The van der Waals surface area contributed by atoms with Crippen LogP contribution in [0.5, 0.6) is 0 Å². The van der Waals surface area contributed by atoms with Crippen molar-refractivity contribution in [1.29, 1.82) is 0 Å². The number of carbonyl (C=O) groups is 1. The summed E-state index contributed by atoms with van der Waals surface area (Å²) < 4.78 is 0. The van der Waals surface area contributed by atoms with Crippen LogP contribution < -0.4 is 0 Å². The van der Waals surface area contributed by atoms with E-state index in [-0.39, 0.29) is 5.92 Å². The number of Topliss-reactive ketones (excluding diaryl/α,β-unsaturated/α-hetero) is 1. The van der Waals surface area contributed by atoms with Gasteiger partial charge in [-0.15, -0.1) is 0 Å². The molecule has 0 aromatic rings. The van der Waals surface area contributed by atoms with Gasteiger partial charge in [0, 0.05) is 12.3 Å². The lowest BCUT2D eigenvalue weighted by atomic mass is 9.91. The van der Waals surface area contributed by atoms with Crippen LogP contribution >= 0.6 is 0 Å². The third kappa shape index (κ3) is 5.62. The average molecular weight is 182 g/mol. The molecule has 0 aliphatic heterocycles. The summed E-state index contributed by atoms with van der Waals surface area (Å²) in [5.41, 5.74) is 0.988. The molecule has 0 atom stereocenters. The van der Waals surface area contributed by atoms with Gasteiger partial charge in [-0.3, -0.25) is 4.79 Å². The van der Waals surface area contributed by atoms with Crippen LogP contribution in [0.3, 0.4) is 0 Å². The van der Waals surface area contributed by atoms with E-state index in [2.05, 4.69) is 20.4 Å². The molecular formula is C12H22O. The van der Waals surface area contributed by atoms with Crippen molar-refractivity contribution in [2.75, 3.05) is 0 Å². The Bertz CT molecular complexity index is 164. The van der Waals surface area contributed by atoms with E-state index in [9.17, 15) is 4.79 Å². The van der Waals surface area contributed by atoms with Crippen LogP contribution in [0.25, 0.3) is 0 Å². The lowest BCUT2D eigenvalue weighted by Gasteiger charge is -2.13. The highest BCUT2D eigenvalue weighted by Gasteiger charge is 2.15. The molecule has 0 heterocycles. The van der Waals surface area contributed by atoms with Gasteiger partial charge in [0.2, 0.25) is 0 Å². The van der Waals surface area contributed by atoms with Crippen LogP contribution in [0.1, 0.15) is 52.9 Å². The SMILES string of the molecule is C=C(C)CC(=O)C(CCC)CCC. The first-order valence-electron chi connectivity index (χ1n) is 5.28. The third-order valence-electron chi connectivity index (χ3n) is 2.21. The van der Waals surface area contributed by atoms with Gasteiger partial charge < -0.3 is 0 Å². The van der Waals surface area contributed by atoms with E-state index in [1.807, 2.05) is 6.92 Å². The van der Waals surface area contributed by atoms with E-state index >= 15 is 0 Å². The molecule has 0 saturated heterocycles. The smallest absolute Gasteiger partial charge is 0.139 e.